The number of nitrogens with one attached hydrogen (secondary N) is 1. The number of halogens is 2. The van der Waals surface area contributed by atoms with E-state index in [2.05, 4.69) is 15.5 Å². The Hall–Kier alpha value is -3.35. The number of hydrogen-bond donors (Lipinski definition) is 1. The lowest BCUT2D eigenvalue weighted by Crippen LogP contribution is -2.20. The van der Waals surface area contributed by atoms with Gasteiger partial charge in [0.05, 0.1) is 5.69 Å². The highest BCUT2D eigenvalue weighted by molar-refractivity contribution is 6.02. The van der Waals surface area contributed by atoms with Crippen LogP contribution < -0.4 is 10.2 Å². The molecule has 3 aromatic rings. The standard InChI is InChI=1S/C19H16F2N4O/c1-2-25(14-6-4-3-5-7-14)18-11-10-17(23-24-18)19(26)22-16-9-8-13(20)12-15(16)21/h3-12H,2H2,1H3,(H,22,26). The first-order valence-corrected chi connectivity index (χ1v) is 8.01. The van der Waals surface area contributed by atoms with Crippen LogP contribution >= 0.6 is 0 Å². The molecular formula is C19H16F2N4O. The lowest BCUT2D eigenvalue weighted by molar-refractivity contribution is 0.102. The van der Waals surface area contributed by atoms with Gasteiger partial charge in [0.15, 0.2) is 11.5 Å². The maximum Gasteiger partial charge on any atom is 0.276 e. The summed E-state index contributed by atoms with van der Waals surface area (Å²) in [6.45, 7) is 2.65. The second-order valence-electron chi connectivity index (χ2n) is 5.43. The fourth-order valence-electron chi connectivity index (χ4n) is 2.45. The molecule has 0 aliphatic carbocycles. The van der Waals surface area contributed by atoms with E-state index in [0.717, 1.165) is 17.8 Å². The number of anilines is 3. The second-order valence-corrected chi connectivity index (χ2v) is 5.43. The summed E-state index contributed by atoms with van der Waals surface area (Å²) in [7, 11) is 0. The normalized spacial score (nSPS) is 10.4. The molecule has 0 spiro atoms. The van der Waals surface area contributed by atoms with Gasteiger partial charge in [-0.15, -0.1) is 10.2 Å². The first-order chi connectivity index (χ1) is 12.6. The lowest BCUT2D eigenvalue weighted by Gasteiger charge is -2.21. The van der Waals surface area contributed by atoms with E-state index >= 15 is 0 Å². The third kappa shape index (κ3) is 3.83. The van der Waals surface area contributed by atoms with Crippen molar-refractivity contribution in [2.24, 2.45) is 0 Å². The molecule has 132 valence electrons. The molecule has 0 atom stereocenters. The zero-order chi connectivity index (χ0) is 18.5. The van der Waals surface area contributed by atoms with Gasteiger partial charge in [0.25, 0.3) is 5.91 Å². The van der Waals surface area contributed by atoms with E-state index in [1.807, 2.05) is 42.2 Å². The highest BCUT2D eigenvalue weighted by atomic mass is 19.1. The number of carbonyl (C=O) groups is 1. The molecule has 0 saturated heterocycles. The summed E-state index contributed by atoms with van der Waals surface area (Å²) >= 11 is 0. The van der Waals surface area contributed by atoms with Crippen LogP contribution in [-0.2, 0) is 0 Å². The quantitative estimate of drug-likeness (QED) is 0.747. The Kier molecular flexibility index (Phi) is 5.17. The van der Waals surface area contributed by atoms with Crippen molar-refractivity contribution in [3.63, 3.8) is 0 Å². The zero-order valence-electron chi connectivity index (χ0n) is 14.0. The van der Waals surface area contributed by atoms with Crippen molar-refractivity contribution in [3.05, 3.63) is 78.0 Å². The van der Waals surface area contributed by atoms with Crippen LogP contribution in [0, 0.1) is 11.6 Å². The SMILES string of the molecule is CCN(c1ccccc1)c1ccc(C(=O)Nc2ccc(F)cc2F)nn1. The van der Waals surface area contributed by atoms with Crippen LogP contribution in [0.5, 0.6) is 0 Å². The Morgan fingerprint density at radius 3 is 2.42 bits per heavy atom. The molecule has 0 saturated carbocycles. The summed E-state index contributed by atoms with van der Waals surface area (Å²) in [5.74, 6) is -1.62. The molecule has 2 aromatic carbocycles. The van der Waals surface area contributed by atoms with Crippen molar-refractivity contribution in [3.8, 4) is 0 Å². The highest BCUT2D eigenvalue weighted by Crippen LogP contribution is 2.22. The van der Waals surface area contributed by atoms with Gasteiger partial charge in [-0.3, -0.25) is 4.79 Å². The minimum absolute atomic E-state index is 0.0292. The first kappa shape index (κ1) is 17.5. The number of hydrogen-bond acceptors (Lipinski definition) is 4. The number of rotatable bonds is 5. The molecule has 26 heavy (non-hydrogen) atoms. The number of carbonyl (C=O) groups excluding carboxylic acids is 1. The van der Waals surface area contributed by atoms with Crippen molar-refractivity contribution in [1.82, 2.24) is 10.2 Å². The summed E-state index contributed by atoms with van der Waals surface area (Å²) in [4.78, 5) is 14.1. The average molecular weight is 354 g/mol. The van der Waals surface area contributed by atoms with Crippen LogP contribution in [0.2, 0.25) is 0 Å². The summed E-state index contributed by atoms with van der Waals surface area (Å²) in [5, 5.41) is 10.4. The molecule has 1 amide bonds. The van der Waals surface area contributed by atoms with Gasteiger partial charge in [0, 0.05) is 18.3 Å². The minimum Gasteiger partial charge on any atom is -0.325 e. The fraction of sp³-hybridized carbons (Fsp3) is 0.105. The molecule has 1 heterocycles. The summed E-state index contributed by atoms with van der Waals surface area (Å²) in [6.07, 6.45) is 0. The Bertz CT molecular complexity index is 901. The van der Waals surface area contributed by atoms with E-state index in [1.54, 1.807) is 6.07 Å². The smallest absolute Gasteiger partial charge is 0.276 e. The minimum atomic E-state index is -0.857. The third-order valence-electron chi connectivity index (χ3n) is 3.72. The van der Waals surface area contributed by atoms with E-state index < -0.39 is 17.5 Å². The monoisotopic (exact) mass is 354 g/mol. The molecule has 0 radical (unpaired) electrons. The van der Waals surface area contributed by atoms with Gasteiger partial charge in [-0.05, 0) is 43.3 Å². The van der Waals surface area contributed by atoms with Crippen LogP contribution in [0.1, 0.15) is 17.4 Å². The summed E-state index contributed by atoms with van der Waals surface area (Å²) in [6, 6.07) is 15.7. The van der Waals surface area contributed by atoms with Crippen LogP contribution in [0.4, 0.5) is 26.0 Å². The molecule has 0 fully saturated rings. The van der Waals surface area contributed by atoms with Crippen LogP contribution in [0.25, 0.3) is 0 Å². The lowest BCUT2D eigenvalue weighted by atomic mass is 10.2. The number of nitrogens with zero attached hydrogens (tertiary/aromatic N) is 3. The molecule has 5 nitrogen and oxygen atoms in total. The van der Waals surface area contributed by atoms with Crippen molar-refractivity contribution >= 4 is 23.1 Å². The van der Waals surface area contributed by atoms with Gasteiger partial charge in [-0.2, -0.15) is 0 Å². The van der Waals surface area contributed by atoms with Crippen LogP contribution in [0.3, 0.4) is 0 Å². The molecule has 0 unspecified atom stereocenters. The number of benzene rings is 2. The fourth-order valence-corrected chi connectivity index (χ4v) is 2.45. The van der Waals surface area contributed by atoms with Crippen molar-refractivity contribution in [2.45, 2.75) is 6.92 Å². The maximum atomic E-state index is 13.6. The van der Waals surface area contributed by atoms with Gasteiger partial charge >= 0.3 is 0 Å². The highest BCUT2D eigenvalue weighted by Gasteiger charge is 2.14. The average Bonchev–Trinajstić information content (AvgIpc) is 2.66. The molecule has 0 aliphatic heterocycles. The second kappa shape index (κ2) is 7.69. The van der Waals surface area contributed by atoms with E-state index in [9.17, 15) is 13.6 Å². The number of para-hydroxylation sites is 1. The van der Waals surface area contributed by atoms with Crippen molar-refractivity contribution < 1.29 is 13.6 Å². The first-order valence-electron chi connectivity index (χ1n) is 8.01. The Labute approximate surface area is 149 Å². The van der Waals surface area contributed by atoms with Gasteiger partial charge < -0.3 is 10.2 Å². The van der Waals surface area contributed by atoms with Gasteiger partial charge in [0.2, 0.25) is 0 Å². The number of amides is 1. The Morgan fingerprint density at radius 1 is 1.04 bits per heavy atom. The molecule has 0 bridgehead atoms. The van der Waals surface area contributed by atoms with Crippen molar-refractivity contribution in [2.75, 3.05) is 16.8 Å². The molecule has 0 aliphatic rings. The van der Waals surface area contributed by atoms with Crippen molar-refractivity contribution in [1.29, 1.82) is 0 Å². The molecular weight excluding hydrogens is 338 g/mol. The van der Waals surface area contributed by atoms with E-state index in [1.165, 1.54) is 6.07 Å². The predicted molar refractivity (Wildman–Crippen MR) is 95.5 cm³/mol. The van der Waals surface area contributed by atoms with E-state index in [4.69, 9.17) is 0 Å². The van der Waals surface area contributed by atoms with Gasteiger partial charge in [0.1, 0.15) is 11.6 Å². The Balaban J connectivity index is 1.77. The van der Waals surface area contributed by atoms with Crippen LogP contribution in [0.15, 0.2) is 60.7 Å². The van der Waals surface area contributed by atoms with Crippen LogP contribution in [-0.4, -0.2) is 22.6 Å². The third-order valence-corrected chi connectivity index (χ3v) is 3.72. The van der Waals surface area contributed by atoms with E-state index in [-0.39, 0.29) is 11.4 Å². The predicted octanol–water partition coefficient (Wildman–Crippen LogP) is 4.17. The van der Waals surface area contributed by atoms with Gasteiger partial charge in [-0.1, -0.05) is 18.2 Å². The molecule has 7 heteroatoms. The number of aromatic nitrogens is 2. The summed E-state index contributed by atoms with van der Waals surface area (Å²) in [5.41, 5.74) is 0.859. The molecule has 3 rings (SSSR count). The molecule has 1 aromatic heterocycles. The Morgan fingerprint density at radius 2 is 1.81 bits per heavy atom. The maximum absolute atomic E-state index is 13.6. The largest absolute Gasteiger partial charge is 0.325 e. The van der Waals surface area contributed by atoms with E-state index in [0.29, 0.717) is 18.4 Å². The summed E-state index contributed by atoms with van der Waals surface area (Å²) < 4.78 is 26.6. The zero-order valence-corrected chi connectivity index (χ0v) is 14.0. The topological polar surface area (TPSA) is 58.1 Å². The van der Waals surface area contributed by atoms with Gasteiger partial charge in [-0.25, -0.2) is 8.78 Å². The molecule has 1 N–H and O–H groups in total.